The Labute approximate surface area is 197 Å². The highest BCUT2D eigenvalue weighted by Crippen LogP contribution is 2.34. The molecule has 0 radical (unpaired) electrons. The Morgan fingerprint density at radius 1 is 1.12 bits per heavy atom. The fourth-order valence-electron chi connectivity index (χ4n) is 4.09. The maximum Gasteiger partial charge on any atom is 0.355 e. The standard InChI is InChI=1S/C24H26N6O4/c1-34-20-9-7-19(8-10-20)24(31)28-27-22-21(30(32)33)23(26-16-25-22)29-13-11-18(12-14-29)15-17-5-3-2-4-6-17/h2-10,16,18H,11-15H2,1H3,(H,28,31)(H,25,26,27). The molecule has 1 aliphatic heterocycles. The topological polar surface area (TPSA) is 123 Å². The summed E-state index contributed by atoms with van der Waals surface area (Å²) in [5.74, 6) is 0.857. The summed E-state index contributed by atoms with van der Waals surface area (Å²) >= 11 is 0. The van der Waals surface area contributed by atoms with Crippen molar-refractivity contribution in [3.05, 3.63) is 82.2 Å². The number of nitrogens with one attached hydrogen (secondary N) is 2. The fourth-order valence-corrected chi connectivity index (χ4v) is 4.09. The Kier molecular flexibility index (Phi) is 7.16. The first-order valence-corrected chi connectivity index (χ1v) is 11.0. The number of methoxy groups -OCH3 is 1. The molecular weight excluding hydrogens is 436 g/mol. The quantitative estimate of drug-likeness (QED) is 0.384. The van der Waals surface area contributed by atoms with Crippen molar-refractivity contribution in [2.24, 2.45) is 5.92 Å². The number of hydrogen-bond acceptors (Lipinski definition) is 8. The van der Waals surface area contributed by atoms with Crippen LogP contribution in [0.4, 0.5) is 17.3 Å². The van der Waals surface area contributed by atoms with Gasteiger partial charge in [-0.2, -0.15) is 0 Å². The van der Waals surface area contributed by atoms with Gasteiger partial charge in [-0.15, -0.1) is 0 Å². The third-order valence-electron chi connectivity index (χ3n) is 5.91. The molecule has 0 atom stereocenters. The van der Waals surface area contributed by atoms with Crippen molar-refractivity contribution in [1.82, 2.24) is 15.4 Å². The first-order valence-electron chi connectivity index (χ1n) is 11.0. The van der Waals surface area contributed by atoms with Gasteiger partial charge in [0.2, 0.25) is 11.6 Å². The normalized spacial score (nSPS) is 13.9. The zero-order valence-electron chi connectivity index (χ0n) is 18.8. The van der Waals surface area contributed by atoms with Gasteiger partial charge in [0.05, 0.1) is 12.0 Å². The van der Waals surface area contributed by atoms with Gasteiger partial charge in [-0.25, -0.2) is 9.97 Å². The van der Waals surface area contributed by atoms with E-state index in [9.17, 15) is 14.9 Å². The number of carbonyl (C=O) groups is 1. The number of hydrazine groups is 1. The van der Waals surface area contributed by atoms with Crippen molar-refractivity contribution < 1.29 is 14.5 Å². The summed E-state index contributed by atoms with van der Waals surface area (Å²) < 4.78 is 5.08. The van der Waals surface area contributed by atoms with E-state index in [1.807, 2.05) is 23.1 Å². The van der Waals surface area contributed by atoms with Crippen LogP contribution in [-0.4, -0.2) is 41.0 Å². The molecular formula is C24H26N6O4. The van der Waals surface area contributed by atoms with E-state index in [4.69, 9.17) is 4.74 Å². The van der Waals surface area contributed by atoms with Crippen LogP contribution in [0.15, 0.2) is 60.9 Å². The van der Waals surface area contributed by atoms with E-state index >= 15 is 0 Å². The molecule has 0 spiro atoms. The van der Waals surface area contributed by atoms with Crippen molar-refractivity contribution in [3.8, 4) is 5.75 Å². The molecule has 1 aliphatic rings. The van der Waals surface area contributed by atoms with Crippen LogP contribution in [0.5, 0.6) is 5.75 Å². The van der Waals surface area contributed by atoms with Gasteiger partial charge in [0, 0.05) is 18.7 Å². The van der Waals surface area contributed by atoms with Crippen LogP contribution >= 0.6 is 0 Å². The summed E-state index contributed by atoms with van der Waals surface area (Å²) in [4.78, 5) is 33.9. The van der Waals surface area contributed by atoms with Crippen molar-refractivity contribution in [1.29, 1.82) is 0 Å². The fraction of sp³-hybridized carbons (Fsp3) is 0.292. The lowest BCUT2D eigenvalue weighted by Gasteiger charge is -2.32. The highest BCUT2D eigenvalue weighted by molar-refractivity contribution is 5.95. The summed E-state index contributed by atoms with van der Waals surface area (Å²) in [6.07, 6.45) is 4.07. The van der Waals surface area contributed by atoms with Crippen LogP contribution < -0.4 is 20.5 Å². The second-order valence-corrected chi connectivity index (χ2v) is 8.08. The van der Waals surface area contributed by atoms with Gasteiger partial charge in [0.15, 0.2) is 0 Å². The van der Waals surface area contributed by atoms with Crippen molar-refractivity contribution in [3.63, 3.8) is 0 Å². The summed E-state index contributed by atoms with van der Waals surface area (Å²) in [6, 6.07) is 16.8. The number of benzene rings is 2. The second-order valence-electron chi connectivity index (χ2n) is 8.08. The Morgan fingerprint density at radius 2 is 1.82 bits per heavy atom. The molecule has 0 bridgehead atoms. The van der Waals surface area contributed by atoms with Crippen molar-refractivity contribution in [2.45, 2.75) is 19.3 Å². The van der Waals surface area contributed by atoms with E-state index in [0.717, 1.165) is 19.3 Å². The third-order valence-corrected chi connectivity index (χ3v) is 5.91. The van der Waals surface area contributed by atoms with Gasteiger partial charge in [0.25, 0.3) is 5.91 Å². The largest absolute Gasteiger partial charge is 0.497 e. The minimum atomic E-state index is -0.521. The molecule has 176 valence electrons. The highest BCUT2D eigenvalue weighted by Gasteiger charge is 2.30. The first kappa shape index (κ1) is 23.0. The van der Waals surface area contributed by atoms with E-state index < -0.39 is 10.8 Å². The lowest BCUT2D eigenvalue weighted by atomic mass is 9.90. The molecule has 1 aromatic heterocycles. The van der Waals surface area contributed by atoms with Gasteiger partial charge < -0.3 is 9.64 Å². The van der Waals surface area contributed by atoms with E-state index in [0.29, 0.717) is 30.3 Å². The van der Waals surface area contributed by atoms with E-state index in [1.165, 1.54) is 19.0 Å². The predicted octanol–water partition coefficient (Wildman–Crippen LogP) is 3.61. The number of aromatic nitrogens is 2. The minimum absolute atomic E-state index is 0.0664. The number of nitrogens with zero attached hydrogens (tertiary/aromatic N) is 4. The molecule has 1 amide bonds. The van der Waals surface area contributed by atoms with Crippen LogP contribution in [0.25, 0.3) is 0 Å². The molecule has 0 aliphatic carbocycles. The zero-order chi connectivity index (χ0) is 23.9. The maximum atomic E-state index is 12.4. The molecule has 0 saturated carbocycles. The van der Waals surface area contributed by atoms with Crippen LogP contribution in [0, 0.1) is 16.0 Å². The number of rotatable bonds is 8. The number of ether oxygens (including phenoxy) is 1. The van der Waals surface area contributed by atoms with E-state index in [1.54, 1.807) is 24.3 Å². The summed E-state index contributed by atoms with van der Waals surface area (Å²) in [5, 5.41) is 11.9. The number of anilines is 2. The average Bonchev–Trinajstić information content (AvgIpc) is 2.88. The average molecular weight is 463 g/mol. The third kappa shape index (κ3) is 5.40. The molecule has 4 rings (SSSR count). The maximum absolute atomic E-state index is 12.4. The molecule has 10 nitrogen and oxygen atoms in total. The summed E-state index contributed by atoms with van der Waals surface area (Å²) in [6.45, 7) is 1.32. The number of piperidine rings is 1. The van der Waals surface area contributed by atoms with Gasteiger partial charge in [0.1, 0.15) is 12.1 Å². The molecule has 2 N–H and O–H groups in total. The van der Waals surface area contributed by atoms with Crippen LogP contribution in [-0.2, 0) is 6.42 Å². The Balaban J connectivity index is 1.43. The van der Waals surface area contributed by atoms with Crippen LogP contribution in [0.1, 0.15) is 28.8 Å². The summed E-state index contributed by atoms with van der Waals surface area (Å²) in [5.41, 5.74) is 6.46. The smallest absolute Gasteiger partial charge is 0.355 e. The highest BCUT2D eigenvalue weighted by atomic mass is 16.6. The number of carbonyl (C=O) groups excluding carboxylic acids is 1. The molecule has 1 saturated heterocycles. The first-order chi connectivity index (χ1) is 16.5. The van der Waals surface area contributed by atoms with Gasteiger partial charge in [-0.05, 0) is 55.0 Å². The monoisotopic (exact) mass is 462 g/mol. The molecule has 34 heavy (non-hydrogen) atoms. The molecule has 1 fully saturated rings. The number of amides is 1. The lowest BCUT2D eigenvalue weighted by molar-refractivity contribution is -0.383. The second kappa shape index (κ2) is 10.6. The van der Waals surface area contributed by atoms with Gasteiger partial charge in [-0.3, -0.25) is 25.8 Å². The number of nitro groups is 1. The van der Waals surface area contributed by atoms with Gasteiger partial charge in [-0.1, -0.05) is 30.3 Å². The summed E-state index contributed by atoms with van der Waals surface area (Å²) in [7, 11) is 1.54. The minimum Gasteiger partial charge on any atom is -0.497 e. The zero-order valence-corrected chi connectivity index (χ0v) is 18.8. The predicted molar refractivity (Wildman–Crippen MR) is 128 cm³/mol. The Hall–Kier alpha value is -4.21. The molecule has 2 heterocycles. The SMILES string of the molecule is COc1ccc(C(=O)NNc2ncnc(N3CCC(Cc4ccccc4)CC3)c2[N+](=O)[O-])cc1. The van der Waals surface area contributed by atoms with Crippen molar-refractivity contribution >= 4 is 23.2 Å². The molecule has 10 heteroatoms. The van der Waals surface area contributed by atoms with Crippen molar-refractivity contribution in [2.75, 3.05) is 30.5 Å². The lowest BCUT2D eigenvalue weighted by Crippen LogP contribution is -2.36. The molecule has 2 aromatic carbocycles. The van der Waals surface area contributed by atoms with Gasteiger partial charge >= 0.3 is 5.69 Å². The molecule has 0 unspecified atom stereocenters. The van der Waals surface area contributed by atoms with Crippen LogP contribution in [0.3, 0.4) is 0 Å². The Bertz CT molecular complexity index is 1130. The number of hydrogen-bond donors (Lipinski definition) is 2. The van der Waals surface area contributed by atoms with E-state index in [2.05, 4.69) is 33.0 Å². The van der Waals surface area contributed by atoms with E-state index in [-0.39, 0.29) is 17.3 Å². The molecule has 3 aromatic rings. The van der Waals surface area contributed by atoms with Crippen LogP contribution in [0.2, 0.25) is 0 Å². The Morgan fingerprint density at radius 3 is 2.47 bits per heavy atom.